The Morgan fingerprint density at radius 2 is 2.16 bits per heavy atom. The van der Waals surface area contributed by atoms with Gasteiger partial charge in [0.05, 0.1) is 4.47 Å². The first kappa shape index (κ1) is 19.9. The highest BCUT2D eigenvalue weighted by atomic mass is 79.9. The van der Waals surface area contributed by atoms with E-state index in [0.717, 1.165) is 18.5 Å². The van der Waals surface area contributed by atoms with Crippen molar-refractivity contribution < 1.29 is 23.0 Å². The van der Waals surface area contributed by atoms with Crippen molar-refractivity contribution in [3.8, 4) is 5.75 Å². The number of rotatable bonds is 5. The highest BCUT2D eigenvalue weighted by Gasteiger charge is 2.26. The average molecular weight is 421 g/mol. The first-order valence-electron chi connectivity index (χ1n) is 8.07. The van der Waals surface area contributed by atoms with E-state index in [1.54, 1.807) is 12.1 Å². The number of hydrogen-bond donors (Lipinski definition) is 1. The van der Waals surface area contributed by atoms with Crippen LogP contribution in [0.2, 0.25) is 0 Å². The molecule has 8 heteroatoms. The van der Waals surface area contributed by atoms with Crippen LogP contribution in [-0.2, 0) is 11.3 Å². The molecule has 1 N–H and O–H groups in total. The third-order valence-corrected chi connectivity index (χ3v) is 4.23. The number of hydrogen-bond acceptors (Lipinski definition) is 4. The van der Waals surface area contributed by atoms with Crippen molar-refractivity contribution in [2.45, 2.75) is 52.0 Å². The molecule has 1 atom stereocenters. The Balaban J connectivity index is 1.84. The van der Waals surface area contributed by atoms with E-state index < -0.39 is 18.3 Å². The first-order chi connectivity index (χ1) is 11.6. The van der Waals surface area contributed by atoms with Gasteiger partial charge in [0.25, 0.3) is 0 Å². The normalized spacial score (nSPS) is 18.4. The van der Waals surface area contributed by atoms with E-state index in [9.17, 15) is 13.6 Å². The van der Waals surface area contributed by atoms with Gasteiger partial charge in [0.1, 0.15) is 11.4 Å². The molecule has 1 amide bonds. The third kappa shape index (κ3) is 6.78. The number of nitrogens with one attached hydrogen (secondary N) is 1. The average Bonchev–Trinajstić information content (AvgIpc) is 2.86. The molecule has 1 aromatic rings. The van der Waals surface area contributed by atoms with Crippen LogP contribution in [0.3, 0.4) is 0 Å². The highest BCUT2D eigenvalue weighted by molar-refractivity contribution is 9.10. The fourth-order valence-electron chi connectivity index (χ4n) is 2.66. The predicted octanol–water partition coefficient (Wildman–Crippen LogP) is 4.15. The van der Waals surface area contributed by atoms with Gasteiger partial charge >= 0.3 is 12.7 Å². The Hall–Kier alpha value is -1.41. The molecule has 0 aromatic heterocycles. The van der Waals surface area contributed by atoms with Crippen molar-refractivity contribution in [2.24, 2.45) is 0 Å². The Labute approximate surface area is 154 Å². The van der Waals surface area contributed by atoms with Crippen molar-refractivity contribution in [1.29, 1.82) is 0 Å². The summed E-state index contributed by atoms with van der Waals surface area (Å²) in [6.45, 7) is 4.85. The van der Waals surface area contributed by atoms with Crippen molar-refractivity contribution in [2.75, 3.05) is 13.1 Å². The maximum absolute atomic E-state index is 12.3. The lowest BCUT2D eigenvalue weighted by Gasteiger charge is -2.22. The van der Waals surface area contributed by atoms with Gasteiger partial charge in [0.2, 0.25) is 0 Å². The topological polar surface area (TPSA) is 50.8 Å². The summed E-state index contributed by atoms with van der Waals surface area (Å²) in [7, 11) is 0. The van der Waals surface area contributed by atoms with Crippen molar-refractivity contribution in [3.63, 3.8) is 0 Å². The molecule has 140 valence electrons. The Morgan fingerprint density at radius 1 is 1.44 bits per heavy atom. The lowest BCUT2D eigenvalue weighted by Crippen LogP contribution is -2.40. The zero-order chi connectivity index (χ0) is 18.6. The number of amides is 1. The van der Waals surface area contributed by atoms with Crippen LogP contribution in [0.5, 0.6) is 5.75 Å². The van der Waals surface area contributed by atoms with E-state index in [1.165, 1.54) is 6.07 Å². The van der Waals surface area contributed by atoms with Gasteiger partial charge in [-0.1, -0.05) is 6.07 Å². The Bertz CT molecular complexity index is 608. The molecule has 0 spiro atoms. The van der Waals surface area contributed by atoms with Crippen molar-refractivity contribution in [3.05, 3.63) is 28.2 Å². The molecule has 5 nitrogen and oxygen atoms in total. The van der Waals surface area contributed by atoms with Gasteiger partial charge in [-0.25, -0.2) is 4.79 Å². The molecule has 1 heterocycles. The first-order valence-corrected chi connectivity index (χ1v) is 8.87. The van der Waals surface area contributed by atoms with E-state index >= 15 is 0 Å². The molecule has 0 saturated carbocycles. The molecular weight excluding hydrogens is 398 g/mol. The number of carbonyl (C=O) groups is 1. The summed E-state index contributed by atoms with van der Waals surface area (Å²) in [4.78, 5) is 14.0. The molecule has 1 aliphatic heterocycles. The SMILES string of the molecule is CC(C)(C)OC(=O)NC1CCN(Cc2ccc(OC(F)F)c(Br)c2)C1. The van der Waals surface area contributed by atoms with E-state index in [-0.39, 0.29) is 11.8 Å². The van der Waals surface area contributed by atoms with Crippen LogP contribution >= 0.6 is 15.9 Å². The van der Waals surface area contributed by atoms with E-state index in [1.807, 2.05) is 20.8 Å². The number of alkyl carbamates (subject to hydrolysis) is 1. The van der Waals surface area contributed by atoms with Gasteiger partial charge < -0.3 is 14.8 Å². The molecule has 1 aliphatic rings. The smallest absolute Gasteiger partial charge is 0.407 e. The molecule has 0 radical (unpaired) electrons. The molecule has 1 fully saturated rings. The summed E-state index contributed by atoms with van der Waals surface area (Å²) < 4.78 is 34.7. The van der Waals surface area contributed by atoms with Gasteiger partial charge in [-0.05, 0) is 60.8 Å². The lowest BCUT2D eigenvalue weighted by molar-refractivity contribution is -0.0503. The van der Waals surface area contributed by atoms with Gasteiger partial charge in [-0.2, -0.15) is 8.78 Å². The van der Waals surface area contributed by atoms with Gasteiger partial charge in [-0.3, -0.25) is 4.90 Å². The van der Waals surface area contributed by atoms with Crippen molar-refractivity contribution >= 4 is 22.0 Å². The van der Waals surface area contributed by atoms with Crippen LogP contribution in [0, 0.1) is 0 Å². The zero-order valence-electron chi connectivity index (χ0n) is 14.5. The maximum atomic E-state index is 12.3. The number of alkyl halides is 2. The maximum Gasteiger partial charge on any atom is 0.407 e. The molecule has 25 heavy (non-hydrogen) atoms. The monoisotopic (exact) mass is 420 g/mol. The summed E-state index contributed by atoms with van der Waals surface area (Å²) >= 11 is 3.25. The van der Waals surface area contributed by atoms with Gasteiger partial charge in [-0.15, -0.1) is 0 Å². The minimum absolute atomic E-state index is 0.0414. The van der Waals surface area contributed by atoms with Crippen LogP contribution in [0.4, 0.5) is 13.6 Å². The standard InChI is InChI=1S/C17H23BrF2N2O3/c1-17(2,3)25-16(23)21-12-6-7-22(10-12)9-11-4-5-14(13(18)8-11)24-15(19)20/h4-5,8,12,15H,6-7,9-10H2,1-3H3,(H,21,23). The largest absolute Gasteiger partial charge is 0.444 e. The fraction of sp³-hybridized carbons (Fsp3) is 0.588. The highest BCUT2D eigenvalue weighted by Crippen LogP contribution is 2.28. The Kier molecular flexibility index (Phi) is 6.62. The van der Waals surface area contributed by atoms with E-state index in [2.05, 4.69) is 30.9 Å². The zero-order valence-corrected chi connectivity index (χ0v) is 16.1. The summed E-state index contributed by atoms with van der Waals surface area (Å²) in [6.07, 6.45) is 0.433. The quantitative estimate of drug-likeness (QED) is 0.776. The molecule has 0 aliphatic carbocycles. The van der Waals surface area contributed by atoms with Crippen LogP contribution in [0.1, 0.15) is 32.8 Å². The van der Waals surface area contributed by atoms with Gasteiger partial charge in [0, 0.05) is 25.7 Å². The second kappa shape index (κ2) is 8.31. The summed E-state index contributed by atoms with van der Waals surface area (Å²) in [5, 5.41) is 2.88. The summed E-state index contributed by atoms with van der Waals surface area (Å²) in [6, 6.07) is 5.10. The van der Waals surface area contributed by atoms with Crippen LogP contribution in [0.25, 0.3) is 0 Å². The van der Waals surface area contributed by atoms with E-state index in [0.29, 0.717) is 17.6 Å². The minimum atomic E-state index is -2.85. The van der Waals surface area contributed by atoms with Crippen LogP contribution in [0.15, 0.2) is 22.7 Å². The van der Waals surface area contributed by atoms with Crippen molar-refractivity contribution in [1.82, 2.24) is 10.2 Å². The third-order valence-electron chi connectivity index (χ3n) is 3.61. The molecule has 1 aromatic carbocycles. The van der Waals surface area contributed by atoms with Gasteiger partial charge in [0.15, 0.2) is 0 Å². The summed E-state index contributed by atoms with van der Waals surface area (Å²) in [5.41, 5.74) is 0.461. The number of halogens is 3. The Morgan fingerprint density at radius 3 is 2.76 bits per heavy atom. The number of nitrogens with zero attached hydrogens (tertiary/aromatic N) is 1. The number of benzene rings is 1. The number of carbonyl (C=O) groups excluding carboxylic acids is 1. The molecule has 2 rings (SSSR count). The van der Waals surface area contributed by atoms with E-state index in [4.69, 9.17) is 4.74 Å². The number of likely N-dealkylation sites (tertiary alicyclic amines) is 1. The molecule has 1 saturated heterocycles. The minimum Gasteiger partial charge on any atom is -0.444 e. The number of ether oxygens (including phenoxy) is 2. The molecular formula is C17H23BrF2N2O3. The van der Waals surface area contributed by atoms with Crippen LogP contribution < -0.4 is 10.1 Å². The second-order valence-electron chi connectivity index (χ2n) is 7.01. The summed E-state index contributed by atoms with van der Waals surface area (Å²) in [5.74, 6) is 0.115. The molecule has 0 bridgehead atoms. The fourth-order valence-corrected chi connectivity index (χ4v) is 3.18. The lowest BCUT2D eigenvalue weighted by atomic mass is 10.2. The predicted molar refractivity (Wildman–Crippen MR) is 93.8 cm³/mol. The second-order valence-corrected chi connectivity index (χ2v) is 7.86. The van der Waals surface area contributed by atoms with Crippen LogP contribution in [-0.4, -0.2) is 42.3 Å². The molecule has 1 unspecified atom stereocenters.